The molecule has 0 radical (unpaired) electrons. The molecule has 0 saturated carbocycles. The molecule has 5 heteroatoms. The monoisotopic (exact) mass is 165 g/mol. The van der Waals surface area contributed by atoms with Crippen LogP contribution in [0.2, 0.25) is 0 Å². The molecule has 64 valence electrons. The molecule has 0 unspecified atom stereocenters. The Morgan fingerprint density at radius 1 is 1.50 bits per heavy atom. The van der Waals surface area contributed by atoms with E-state index in [9.17, 15) is 0 Å². The van der Waals surface area contributed by atoms with E-state index in [2.05, 4.69) is 10.2 Å². The largest absolute Gasteiger partial charge is 0.405 e. The zero-order valence-corrected chi connectivity index (χ0v) is 6.49. The van der Waals surface area contributed by atoms with E-state index in [1.807, 2.05) is 0 Å². The van der Waals surface area contributed by atoms with Crippen LogP contribution in [0.1, 0.15) is 5.69 Å². The Kier molecular flexibility index (Phi) is 2.37. The minimum atomic E-state index is 0.495. The summed E-state index contributed by atoms with van der Waals surface area (Å²) in [7, 11) is 0. The number of aromatic amines is 1. The molecular formula is C7H11N5. The predicted octanol–water partition coefficient (Wildman–Crippen LogP) is -0.236. The van der Waals surface area contributed by atoms with Gasteiger partial charge >= 0.3 is 0 Å². The number of hydrogen-bond donors (Lipinski definition) is 4. The molecule has 5 nitrogen and oxygen atoms in total. The highest BCUT2D eigenvalue weighted by atomic mass is 15.2. The van der Waals surface area contributed by atoms with Gasteiger partial charge in [-0.3, -0.25) is 5.10 Å². The van der Waals surface area contributed by atoms with E-state index in [0.29, 0.717) is 11.5 Å². The van der Waals surface area contributed by atoms with Crippen LogP contribution in [0.4, 0.5) is 5.82 Å². The quantitative estimate of drug-likeness (QED) is 0.454. The highest BCUT2D eigenvalue weighted by molar-refractivity contribution is 5.72. The van der Waals surface area contributed by atoms with Crippen LogP contribution >= 0.6 is 0 Å². The molecule has 0 aliphatic heterocycles. The second-order valence-electron chi connectivity index (χ2n) is 2.19. The minimum Gasteiger partial charge on any atom is -0.405 e. The summed E-state index contributed by atoms with van der Waals surface area (Å²) in [5.74, 6) is 0.495. The smallest absolute Gasteiger partial charge is 0.119 e. The molecule has 1 aromatic heterocycles. The molecule has 7 N–H and O–H groups in total. The molecule has 0 aromatic carbocycles. The van der Waals surface area contributed by atoms with Gasteiger partial charge in [0.1, 0.15) is 5.82 Å². The topological polar surface area (TPSA) is 107 Å². The molecule has 0 amide bonds. The van der Waals surface area contributed by atoms with Crippen LogP contribution in [0.25, 0.3) is 5.57 Å². The van der Waals surface area contributed by atoms with Crippen molar-refractivity contribution in [3.63, 3.8) is 0 Å². The van der Waals surface area contributed by atoms with Crippen LogP contribution in [0.15, 0.2) is 24.5 Å². The fourth-order valence-electron chi connectivity index (χ4n) is 0.814. The maximum atomic E-state index is 5.43. The lowest BCUT2D eigenvalue weighted by atomic mass is 10.2. The van der Waals surface area contributed by atoms with E-state index >= 15 is 0 Å². The van der Waals surface area contributed by atoms with Gasteiger partial charge in [0.2, 0.25) is 0 Å². The van der Waals surface area contributed by atoms with E-state index in [0.717, 1.165) is 5.57 Å². The molecular weight excluding hydrogens is 154 g/mol. The van der Waals surface area contributed by atoms with Crippen molar-refractivity contribution in [2.45, 2.75) is 0 Å². The van der Waals surface area contributed by atoms with Crippen LogP contribution in [-0.2, 0) is 0 Å². The summed E-state index contributed by atoms with van der Waals surface area (Å²) in [5.41, 5.74) is 17.4. The van der Waals surface area contributed by atoms with Gasteiger partial charge in [-0.15, -0.1) is 0 Å². The van der Waals surface area contributed by atoms with Crippen LogP contribution in [-0.4, -0.2) is 10.2 Å². The van der Waals surface area contributed by atoms with E-state index < -0.39 is 0 Å². The lowest BCUT2D eigenvalue weighted by molar-refractivity contribution is 1.08. The maximum Gasteiger partial charge on any atom is 0.119 e. The Bertz CT molecular complexity index is 309. The van der Waals surface area contributed by atoms with Crippen molar-refractivity contribution in [1.82, 2.24) is 10.2 Å². The number of nitrogens with two attached hydrogens (primary N) is 3. The molecule has 0 atom stereocenters. The lowest BCUT2D eigenvalue weighted by Crippen LogP contribution is -1.88. The van der Waals surface area contributed by atoms with Crippen LogP contribution in [0.3, 0.4) is 0 Å². The summed E-state index contributed by atoms with van der Waals surface area (Å²) in [6, 6.07) is 1.68. The third-order valence-electron chi connectivity index (χ3n) is 1.35. The first-order valence-electron chi connectivity index (χ1n) is 3.39. The van der Waals surface area contributed by atoms with Gasteiger partial charge in [0.05, 0.1) is 5.69 Å². The Morgan fingerprint density at radius 2 is 2.25 bits per heavy atom. The average Bonchev–Trinajstić information content (AvgIpc) is 2.47. The van der Waals surface area contributed by atoms with Crippen molar-refractivity contribution in [2.75, 3.05) is 5.73 Å². The summed E-state index contributed by atoms with van der Waals surface area (Å²) in [6.45, 7) is 0. The molecule has 0 spiro atoms. The maximum absolute atomic E-state index is 5.43. The third-order valence-corrected chi connectivity index (χ3v) is 1.35. The van der Waals surface area contributed by atoms with Crippen molar-refractivity contribution < 1.29 is 0 Å². The van der Waals surface area contributed by atoms with Crippen molar-refractivity contribution in [1.29, 1.82) is 0 Å². The molecule has 0 saturated heterocycles. The van der Waals surface area contributed by atoms with Gasteiger partial charge in [-0.1, -0.05) is 0 Å². The normalized spacial score (nSPS) is 12.5. The molecule has 0 aliphatic rings. The van der Waals surface area contributed by atoms with Gasteiger partial charge in [-0.25, -0.2) is 0 Å². The highest BCUT2D eigenvalue weighted by Crippen LogP contribution is 2.12. The molecule has 0 aliphatic carbocycles. The summed E-state index contributed by atoms with van der Waals surface area (Å²) < 4.78 is 0. The molecule has 0 fully saturated rings. The summed E-state index contributed by atoms with van der Waals surface area (Å²) in [6.07, 6.45) is 4.46. The number of aromatic nitrogens is 2. The molecule has 1 aromatic rings. The number of H-pyrrole nitrogens is 1. The third kappa shape index (κ3) is 1.57. The standard InChI is InChI=1S/C7H11N5/c8-2-1-5(4-9)6-3-7(10)12-11-6/h1-4H,8-9H2,(H3,10,11,12)/b2-1-,5-4+. The Hall–Kier alpha value is -1.91. The van der Waals surface area contributed by atoms with E-state index in [1.54, 1.807) is 12.1 Å². The summed E-state index contributed by atoms with van der Waals surface area (Å²) in [4.78, 5) is 0. The number of hydrogen-bond acceptors (Lipinski definition) is 4. The number of anilines is 1. The molecule has 0 bridgehead atoms. The highest BCUT2D eigenvalue weighted by Gasteiger charge is 2.00. The number of nitrogens with zero attached hydrogens (tertiary/aromatic N) is 1. The first-order chi connectivity index (χ1) is 5.77. The van der Waals surface area contributed by atoms with Gasteiger partial charge in [-0.05, 0) is 12.3 Å². The van der Waals surface area contributed by atoms with Crippen molar-refractivity contribution in [3.8, 4) is 0 Å². The Balaban J connectivity index is 2.96. The SMILES string of the molecule is N/C=C\C(=C/N)c1cc(N)[nH]n1. The van der Waals surface area contributed by atoms with Gasteiger partial charge in [0, 0.05) is 17.8 Å². The molecule has 1 rings (SSSR count). The lowest BCUT2D eigenvalue weighted by Gasteiger charge is -1.92. The number of nitrogen functional groups attached to an aromatic ring is 1. The fourth-order valence-corrected chi connectivity index (χ4v) is 0.814. The second-order valence-corrected chi connectivity index (χ2v) is 2.19. The van der Waals surface area contributed by atoms with E-state index in [1.165, 1.54) is 12.4 Å². The Morgan fingerprint density at radius 3 is 2.67 bits per heavy atom. The van der Waals surface area contributed by atoms with Gasteiger partial charge in [0.15, 0.2) is 0 Å². The summed E-state index contributed by atoms with van der Waals surface area (Å²) >= 11 is 0. The van der Waals surface area contributed by atoms with E-state index in [4.69, 9.17) is 17.2 Å². The molecule has 1 heterocycles. The predicted molar refractivity (Wildman–Crippen MR) is 48.5 cm³/mol. The van der Waals surface area contributed by atoms with Crippen LogP contribution < -0.4 is 17.2 Å². The summed E-state index contributed by atoms with van der Waals surface area (Å²) in [5, 5.41) is 6.50. The van der Waals surface area contributed by atoms with Crippen molar-refractivity contribution in [2.24, 2.45) is 11.5 Å². The first kappa shape index (κ1) is 8.19. The van der Waals surface area contributed by atoms with Gasteiger partial charge in [-0.2, -0.15) is 5.10 Å². The van der Waals surface area contributed by atoms with Gasteiger partial charge in [0.25, 0.3) is 0 Å². The average molecular weight is 165 g/mol. The number of rotatable bonds is 2. The minimum absolute atomic E-state index is 0.495. The fraction of sp³-hybridized carbons (Fsp3) is 0. The zero-order chi connectivity index (χ0) is 8.97. The molecule has 12 heavy (non-hydrogen) atoms. The van der Waals surface area contributed by atoms with Gasteiger partial charge < -0.3 is 17.2 Å². The first-order valence-corrected chi connectivity index (χ1v) is 3.39. The number of allylic oxidation sites excluding steroid dienone is 2. The number of nitrogens with one attached hydrogen (secondary N) is 1. The van der Waals surface area contributed by atoms with Crippen LogP contribution in [0, 0.1) is 0 Å². The van der Waals surface area contributed by atoms with Crippen molar-refractivity contribution in [3.05, 3.63) is 30.2 Å². The second kappa shape index (κ2) is 3.47. The van der Waals surface area contributed by atoms with Crippen LogP contribution in [0.5, 0.6) is 0 Å². The van der Waals surface area contributed by atoms with E-state index in [-0.39, 0.29) is 0 Å². The Labute approximate surface area is 69.9 Å². The zero-order valence-electron chi connectivity index (χ0n) is 6.49. The van der Waals surface area contributed by atoms with Crippen molar-refractivity contribution >= 4 is 11.4 Å².